The monoisotopic (exact) mass is 436 g/mol. The molecule has 31 heavy (non-hydrogen) atoms. The maximum absolute atomic E-state index is 13.5. The van der Waals surface area contributed by atoms with Crippen molar-refractivity contribution in [3.05, 3.63) is 33.9 Å². The number of aliphatic hydroxyl groups excluding tert-OH is 2. The number of hydrogen-bond acceptors (Lipinski definition) is 6. The lowest BCUT2D eigenvalue weighted by Gasteiger charge is -2.36. The van der Waals surface area contributed by atoms with E-state index >= 15 is 0 Å². The Morgan fingerprint density at radius 2 is 2.00 bits per heavy atom. The van der Waals surface area contributed by atoms with Gasteiger partial charge in [-0.2, -0.15) is 0 Å². The molecule has 8 nitrogen and oxygen atoms in total. The van der Waals surface area contributed by atoms with Gasteiger partial charge in [-0.15, -0.1) is 0 Å². The standard InChI is InChI=1S/C23H36N2O6/c1-3-4-6-11-22(23(28)24(14-15-26)18-9-7-5-8-10-18)31-19-12-13-21(25(29)30)20(16-19)17(2)27/h12-13,16-18,22,26-27H,3-11,14-15H2,1-2H3. The minimum atomic E-state index is -1.04. The van der Waals surface area contributed by atoms with Crippen LogP contribution in [0, 0.1) is 10.1 Å². The summed E-state index contributed by atoms with van der Waals surface area (Å²) in [5, 5.41) is 30.8. The Morgan fingerprint density at radius 1 is 1.29 bits per heavy atom. The average Bonchev–Trinajstić information content (AvgIpc) is 2.76. The van der Waals surface area contributed by atoms with Gasteiger partial charge in [0.1, 0.15) is 5.75 Å². The summed E-state index contributed by atoms with van der Waals surface area (Å²) in [5.74, 6) is 0.179. The van der Waals surface area contributed by atoms with Crippen molar-refractivity contribution in [2.75, 3.05) is 13.2 Å². The molecule has 1 amide bonds. The van der Waals surface area contributed by atoms with Gasteiger partial charge in [-0.25, -0.2) is 0 Å². The Bertz CT molecular complexity index is 718. The van der Waals surface area contributed by atoms with Crippen LogP contribution in [0.5, 0.6) is 5.75 Å². The van der Waals surface area contributed by atoms with Crippen molar-refractivity contribution < 1.29 is 24.7 Å². The van der Waals surface area contributed by atoms with Crippen molar-refractivity contribution in [1.29, 1.82) is 0 Å². The van der Waals surface area contributed by atoms with E-state index in [-0.39, 0.29) is 36.4 Å². The molecule has 1 fully saturated rings. The van der Waals surface area contributed by atoms with E-state index < -0.39 is 17.1 Å². The number of nitro benzene ring substituents is 1. The number of amides is 1. The third-order valence-corrected chi connectivity index (χ3v) is 5.91. The van der Waals surface area contributed by atoms with Gasteiger partial charge in [0.05, 0.1) is 23.2 Å². The Labute approximate surface area is 184 Å². The summed E-state index contributed by atoms with van der Waals surface area (Å²) in [6.07, 6.45) is 6.72. The second-order valence-electron chi connectivity index (χ2n) is 8.30. The van der Waals surface area contributed by atoms with Crippen LogP contribution < -0.4 is 4.74 Å². The molecule has 1 aromatic carbocycles. The van der Waals surface area contributed by atoms with Gasteiger partial charge in [-0.1, -0.05) is 39.0 Å². The number of aliphatic hydroxyl groups is 2. The van der Waals surface area contributed by atoms with Crippen molar-refractivity contribution in [1.82, 2.24) is 4.90 Å². The van der Waals surface area contributed by atoms with Crippen LogP contribution in [0.15, 0.2) is 18.2 Å². The SMILES string of the molecule is CCCCCC(Oc1ccc([N+](=O)[O-])c(C(C)O)c1)C(=O)N(CCO)C1CCCCC1. The second-order valence-corrected chi connectivity index (χ2v) is 8.30. The van der Waals surface area contributed by atoms with E-state index in [9.17, 15) is 25.1 Å². The molecule has 1 aromatic rings. The molecule has 174 valence electrons. The molecule has 1 aliphatic carbocycles. The van der Waals surface area contributed by atoms with Crippen LogP contribution in [-0.2, 0) is 4.79 Å². The summed E-state index contributed by atoms with van der Waals surface area (Å²) in [7, 11) is 0. The molecule has 0 aromatic heterocycles. The van der Waals surface area contributed by atoms with Crippen LogP contribution in [0.3, 0.4) is 0 Å². The van der Waals surface area contributed by atoms with Crippen molar-refractivity contribution in [2.45, 2.75) is 89.9 Å². The molecule has 1 saturated carbocycles. The van der Waals surface area contributed by atoms with Crippen molar-refractivity contribution >= 4 is 11.6 Å². The first kappa shape index (κ1) is 25.1. The van der Waals surface area contributed by atoms with E-state index in [1.165, 1.54) is 31.5 Å². The van der Waals surface area contributed by atoms with E-state index in [0.29, 0.717) is 12.2 Å². The molecule has 0 heterocycles. The number of nitro groups is 1. The summed E-state index contributed by atoms with van der Waals surface area (Å²) >= 11 is 0. The lowest BCUT2D eigenvalue weighted by molar-refractivity contribution is -0.386. The van der Waals surface area contributed by atoms with Crippen LogP contribution in [0.2, 0.25) is 0 Å². The zero-order valence-electron chi connectivity index (χ0n) is 18.7. The van der Waals surface area contributed by atoms with Gasteiger partial charge < -0.3 is 19.8 Å². The molecule has 2 atom stereocenters. The molecule has 1 aliphatic rings. The summed E-state index contributed by atoms with van der Waals surface area (Å²) in [6, 6.07) is 4.33. The number of ether oxygens (including phenoxy) is 1. The Balaban J connectivity index is 2.26. The number of nitrogens with zero attached hydrogens (tertiary/aromatic N) is 2. The predicted molar refractivity (Wildman–Crippen MR) is 118 cm³/mol. The van der Waals surface area contributed by atoms with Crippen LogP contribution in [0.1, 0.15) is 83.3 Å². The van der Waals surface area contributed by atoms with Crippen LogP contribution in [-0.4, -0.2) is 51.2 Å². The fourth-order valence-corrected chi connectivity index (χ4v) is 4.24. The zero-order chi connectivity index (χ0) is 22.8. The third kappa shape index (κ3) is 7.18. The number of carbonyl (C=O) groups excluding carboxylic acids is 1. The lowest BCUT2D eigenvalue weighted by Crippen LogP contribution is -2.49. The second kappa shape index (κ2) is 12.6. The highest BCUT2D eigenvalue weighted by Crippen LogP contribution is 2.31. The van der Waals surface area contributed by atoms with Crippen molar-refractivity contribution in [2.24, 2.45) is 0 Å². The summed E-state index contributed by atoms with van der Waals surface area (Å²) in [6.45, 7) is 3.72. The molecule has 2 unspecified atom stereocenters. The van der Waals surface area contributed by atoms with E-state index in [4.69, 9.17) is 4.74 Å². The van der Waals surface area contributed by atoms with Gasteiger partial charge in [0.15, 0.2) is 6.10 Å². The molecule has 0 saturated heterocycles. The number of carbonyl (C=O) groups is 1. The molecule has 0 radical (unpaired) electrons. The number of rotatable bonds is 12. The summed E-state index contributed by atoms with van der Waals surface area (Å²) < 4.78 is 6.06. The van der Waals surface area contributed by atoms with E-state index in [0.717, 1.165) is 44.9 Å². The number of hydrogen-bond donors (Lipinski definition) is 2. The normalized spacial score (nSPS) is 16.5. The molecule has 2 rings (SSSR count). The molecule has 8 heteroatoms. The van der Waals surface area contributed by atoms with E-state index in [1.54, 1.807) is 4.90 Å². The Hall–Kier alpha value is -2.19. The largest absolute Gasteiger partial charge is 0.481 e. The fourth-order valence-electron chi connectivity index (χ4n) is 4.24. The van der Waals surface area contributed by atoms with Gasteiger partial charge in [0.25, 0.3) is 11.6 Å². The van der Waals surface area contributed by atoms with Gasteiger partial charge in [0.2, 0.25) is 0 Å². The third-order valence-electron chi connectivity index (χ3n) is 5.91. The highest BCUT2D eigenvalue weighted by atomic mass is 16.6. The number of benzene rings is 1. The maximum atomic E-state index is 13.5. The highest BCUT2D eigenvalue weighted by Gasteiger charge is 2.32. The lowest BCUT2D eigenvalue weighted by atomic mass is 9.93. The first-order valence-electron chi connectivity index (χ1n) is 11.4. The summed E-state index contributed by atoms with van der Waals surface area (Å²) in [4.78, 5) is 25.9. The molecular weight excluding hydrogens is 400 g/mol. The minimum Gasteiger partial charge on any atom is -0.481 e. The van der Waals surface area contributed by atoms with Gasteiger partial charge in [0, 0.05) is 18.7 Å². The van der Waals surface area contributed by atoms with Crippen molar-refractivity contribution in [3.63, 3.8) is 0 Å². The maximum Gasteiger partial charge on any atom is 0.275 e. The predicted octanol–water partition coefficient (Wildman–Crippen LogP) is 4.13. The molecule has 2 N–H and O–H groups in total. The topological polar surface area (TPSA) is 113 Å². The quantitative estimate of drug-likeness (QED) is 0.289. The molecule has 0 bridgehead atoms. The van der Waals surface area contributed by atoms with Gasteiger partial charge in [-0.3, -0.25) is 14.9 Å². The van der Waals surface area contributed by atoms with Crippen LogP contribution in [0.4, 0.5) is 5.69 Å². The van der Waals surface area contributed by atoms with E-state index in [2.05, 4.69) is 6.92 Å². The highest BCUT2D eigenvalue weighted by molar-refractivity contribution is 5.81. The molecular formula is C23H36N2O6. The molecule has 0 spiro atoms. The average molecular weight is 437 g/mol. The number of unbranched alkanes of at least 4 members (excludes halogenated alkanes) is 2. The zero-order valence-corrected chi connectivity index (χ0v) is 18.7. The fraction of sp³-hybridized carbons (Fsp3) is 0.696. The Kier molecular flexibility index (Phi) is 10.2. The Morgan fingerprint density at radius 3 is 2.58 bits per heavy atom. The van der Waals surface area contributed by atoms with Crippen LogP contribution in [0.25, 0.3) is 0 Å². The smallest absolute Gasteiger partial charge is 0.275 e. The first-order valence-corrected chi connectivity index (χ1v) is 11.4. The summed E-state index contributed by atoms with van der Waals surface area (Å²) in [5.41, 5.74) is -0.0259. The first-order chi connectivity index (χ1) is 14.9. The van der Waals surface area contributed by atoms with E-state index in [1.807, 2.05) is 0 Å². The van der Waals surface area contributed by atoms with Crippen LogP contribution >= 0.6 is 0 Å². The van der Waals surface area contributed by atoms with Gasteiger partial charge >= 0.3 is 0 Å². The molecule has 0 aliphatic heterocycles. The van der Waals surface area contributed by atoms with Crippen molar-refractivity contribution in [3.8, 4) is 5.75 Å². The minimum absolute atomic E-state index is 0.104. The van der Waals surface area contributed by atoms with Gasteiger partial charge in [-0.05, 0) is 44.7 Å².